The van der Waals surface area contributed by atoms with Crippen molar-refractivity contribution >= 4 is 5.97 Å². The summed E-state index contributed by atoms with van der Waals surface area (Å²) in [4.78, 5) is 13.9. The van der Waals surface area contributed by atoms with Crippen LogP contribution in [0.2, 0.25) is 0 Å². The number of esters is 1. The molecule has 0 bridgehead atoms. The highest BCUT2D eigenvalue weighted by Crippen LogP contribution is 2.54. The Balaban J connectivity index is 1.88. The normalized spacial score (nSPS) is 22.1. The molecule has 1 heterocycles. The smallest absolute Gasteiger partial charge is 0.337 e. The predicted molar refractivity (Wildman–Crippen MR) is 84.9 cm³/mol. The van der Waals surface area contributed by atoms with Crippen molar-refractivity contribution in [3.8, 4) is 5.75 Å². The highest BCUT2D eigenvalue weighted by Gasteiger charge is 2.47. The van der Waals surface area contributed by atoms with E-state index < -0.39 is 12.6 Å². The van der Waals surface area contributed by atoms with E-state index in [2.05, 4.69) is 18.0 Å². The second-order valence-electron chi connectivity index (χ2n) is 6.72. The molecule has 0 amide bonds. The molecule has 1 aromatic rings. The Labute approximate surface area is 132 Å². The Bertz CT molecular complexity index is 531. The number of aliphatic hydroxyl groups is 1. The van der Waals surface area contributed by atoms with Crippen LogP contribution in [-0.2, 0) is 10.2 Å². The Hall–Kier alpha value is -1.39. The summed E-state index contributed by atoms with van der Waals surface area (Å²) >= 11 is 0. The Morgan fingerprint density at radius 1 is 1.32 bits per heavy atom. The number of benzene rings is 1. The molecule has 0 radical (unpaired) electrons. The molecular formula is C18H25NO3. The van der Waals surface area contributed by atoms with Crippen LogP contribution in [0.3, 0.4) is 0 Å². The van der Waals surface area contributed by atoms with Gasteiger partial charge in [0.15, 0.2) is 0 Å². The van der Waals surface area contributed by atoms with Gasteiger partial charge in [0.2, 0.25) is 0 Å². The summed E-state index contributed by atoms with van der Waals surface area (Å²) in [6.45, 7) is 1.71. The molecule has 0 unspecified atom stereocenters. The molecule has 120 valence electrons. The van der Waals surface area contributed by atoms with E-state index >= 15 is 0 Å². The van der Waals surface area contributed by atoms with Gasteiger partial charge in [0, 0.05) is 11.0 Å². The van der Waals surface area contributed by atoms with Crippen LogP contribution in [0.15, 0.2) is 24.3 Å². The van der Waals surface area contributed by atoms with Gasteiger partial charge in [0.1, 0.15) is 12.4 Å². The molecule has 1 aromatic carbocycles. The fourth-order valence-corrected chi connectivity index (χ4v) is 4.14. The number of carbonyl (C=O) groups is 1. The van der Waals surface area contributed by atoms with E-state index in [4.69, 9.17) is 9.84 Å². The van der Waals surface area contributed by atoms with Crippen molar-refractivity contribution in [2.24, 2.45) is 5.92 Å². The van der Waals surface area contributed by atoms with E-state index in [1.807, 2.05) is 18.2 Å². The summed E-state index contributed by atoms with van der Waals surface area (Å²) in [6, 6.07) is 7.89. The van der Waals surface area contributed by atoms with Gasteiger partial charge in [-0.2, -0.15) is 0 Å². The minimum Gasteiger partial charge on any atom is -0.425 e. The van der Waals surface area contributed by atoms with Crippen LogP contribution in [0, 0.1) is 5.92 Å². The summed E-state index contributed by atoms with van der Waals surface area (Å²) in [5.74, 6) is 0.719. The third-order valence-corrected chi connectivity index (χ3v) is 5.52. The topological polar surface area (TPSA) is 49.8 Å². The summed E-state index contributed by atoms with van der Waals surface area (Å²) in [6.07, 6.45) is 6.01. The van der Waals surface area contributed by atoms with Gasteiger partial charge in [-0.1, -0.05) is 24.6 Å². The molecule has 0 atom stereocenters. The number of piperidine rings is 1. The maximum Gasteiger partial charge on any atom is 0.337 e. The van der Waals surface area contributed by atoms with Gasteiger partial charge in [-0.05, 0) is 57.8 Å². The van der Waals surface area contributed by atoms with E-state index in [0.717, 1.165) is 18.7 Å². The lowest BCUT2D eigenvalue weighted by molar-refractivity contribution is -0.137. The van der Waals surface area contributed by atoms with Crippen LogP contribution >= 0.6 is 0 Å². The summed E-state index contributed by atoms with van der Waals surface area (Å²) in [5.41, 5.74) is 1.32. The van der Waals surface area contributed by atoms with Crippen LogP contribution in [-0.4, -0.2) is 42.7 Å². The number of likely N-dealkylation sites (tertiary alicyclic amines) is 1. The van der Waals surface area contributed by atoms with Crippen molar-refractivity contribution in [3.05, 3.63) is 29.8 Å². The highest BCUT2D eigenvalue weighted by atomic mass is 16.5. The summed E-state index contributed by atoms with van der Waals surface area (Å²) in [5, 5.41) is 8.96. The number of carbonyl (C=O) groups excluding carboxylic acids is 1. The molecule has 1 saturated heterocycles. The van der Waals surface area contributed by atoms with Gasteiger partial charge in [-0.25, -0.2) is 4.79 Å². The molecule has 3 rings (SSSR count). The molecule has 4 heteroatoms. The zero-order valence-electron chi connectivity index (χ0n) is 13.3. The molecule has 4 nitrogen and oxygen atoms in total. The first-order valence-corrected chi connectivity index (χ1v) is 8.25. The van der Waals surface area contributed by atoms with Crippen LogP contribution in [0.5, 0.6) is 5.75 Å². The monoisotopic (exact) mass is 303 g/mol. The maximum atomic E-state index is 11.5. The van der Waals surface area contributed by atoms with Crippen molar-refractivity contribution in [2.75, 3.05) is 26.7 Å². The molecule has 0 aromatic heterocycles. The molecule has 0 spiro atoms. The number of hydrogen-bond acceptors (Lipinski definition) is 4. The standard InChI is InChI=1S/C18H25NO3/c1-19-11-7-14(8-12-19)18(9-4-10-18)15-5-2-3-6-16(15)22-17(21)13-20/h2-3,5-6,14,20H,4,7-13H2,1H3. The Kier molecular flexibility index (Phi) is 4.50. The van der Waals surface area contributed by atoms with E-state index in [-0.39, 0.29) is 5.41 Å². The minimum absolute atomic E-state index is 0.160. The average Bonchev–Trinajstić information content (AvgIpc) is 2.49. The Morgan fingerprint density at radius 2 is 2.00 bits per heavy atom. The molecule has 1 N–H and O–H groups in total. The summed E-state index contributed by atoms with van der Waals surface area (Å²) < 4.78 is 5.39. The highest BCUT2D eigenvalue weighted by molar-refractivity contribution is 5.74. The van der Waals surface area contributed by atoms with Gasteiger partial charge in [0.05, 0.1) is 0 Å². The van der Waals surface area contributed by atoms with Crippen molar-refractivity contribution in [1.82, 2.24) is 4.90 Å². The Morgan fingerprint density at radius 3 is 2.59 bits per heavy atom. The number of rotatable bonds is 4. The van der Waals surface area contributed by atoms with Crippen molar-refractivity contribution < 1.29 is 14.6 Å². The number of nitrogens with zero attached hydrogens (tertiary/aromatic N) is 1. The first kappa shape index (κ1) is 15.5. The van der Waals surface area contributed by atoms with Crippen molar-refractivity contribution in [1.29, 1.82) is 0 Å². The van der Waals surface area contributed by atoms with Gasteiger partial charge in [-0.15, -0.1) is 0 Å². The van der Waals surface area contributed by atoms with Crippen molar-refractivity contribution in [2.45, 2.75) is 37.5 Å². The number of ether oxygens (including phenoxy) is 1. The number of hydrogen-bond donors (Lipinski definition) is 1. The predicted octanol–water partition coefficient (Wildman–Crippen LogP) is 2.35. The largest absolute Gasteiger partial charge is 0.425 e. The molecule has 1 aliphatic heterocycles. The first-order valence-electron chi connectivity index (χ1n) is 8.25. The van der Waals surface area contributed by atoms with E-state index in [1.165, 1.54) is 32.1 Å². The number of para-hydroxylation sites is 1. The van der Waals surface area contributed by atoms with E-state index in [0.29, 0.717) is 11.7 Å². The van der Waals surface area contributed by atoms with Crippen LogP contribution < -0.4 is 4.74 Å². The second-order valence-corrected chi connectivity index (χ2v) is 6.72. The van der Waals surface area contributed by atoms with Crippen LogP contribution in [0.25, 0.3) is 0 Å². The van der Waals surface area contributed by atoms with Crippen LogP contribution in [0.4, 0.5) is 0 Å². The summed E-state index contributed by atoms with van der Waals surface area (Å²) in [7, 11) is 2.18. The van der Waals surface area contributed by atoms with Gasteiger partial charge >= 0.3 is 5.97 Å². The SMILES string of the molecule is CN1CCC(C2(c3ccccc3OC(=O)CO)CCC2)CC1. The lowest BCUT2D eigenvalue weighted by Gasteiger charge is -2.51. The molecular weight excluding hydrogens is 278 g/mol. The van der Waals surface area contributed by atoms with Crippen LogP contribution in [0.1, 0.15) is 37.7 Å². The first-order chi connectivity index (χ1) is 10.7. The third kappa shape index (κ3) is 2.77. The third-order valence-electron chi connectivity index (χ3n) is 5.52. The molecule has 22 heavy (non-hydrogen) atoms. The number of aliphatic hydroxyl groups excluding tert-OH is 1. The molecule has 1 aliphatic carbocycles. The molecule has 2 aliphatic rings. The molecule has 2 fully saturated rings. The zero-order chi connectivity index (χ0) is 15.6. The van der Waals surface area contributed by atoms with Gasteiger partial charge in [-0.3, -0.25) is 0 Å². The maximum absolute atomic E-state index is 11.5. The second kappa shape index (κ2) is 6.39. The fourth-order valence-electron chi connectivity index (χ4n) is 4.14. The van der Waals surface area contributed by atoms with Crippen molar-refractivity contribution in [3.63, 3.8) is 0 Å². The fraction of sp³-hybridized carbons (Fsp3) is 0.611. The lowest BCUT2D eigenvalue weighted by atomic mass is 9.55. The zero-order valence-corrected chi connectivity index (χ0v) is 13.3. The van der Waals surface area contributed by atoms with Gasteiger partial charge < -0.3 is 14.7 Å². The van der Waals surface area contributed by atoms with E-state index in [9.17, 15) is 4.79 Å². The lowest BCUT2D eigenvalue weighted by Crippen LogP contribution is -2.46. The van der Waals surface area contributed by atoms with E-state index in [1.54, 1.807) is 0 Å². The quantitative estimate of drug-likeness (QED) is 0.685. The minimum atomic E-state index is -0.578. The average molecular weight is 303 g/mol. The van der Waals surface area contributed by atoms with Gasteiger partial charge in [0.25, 0.3) is 0 Å². The molecule has 1 saturated carbocycles.